The van der Waals surface area contributed by atoms with Crippen LogP contribution in [0.25, 0.3) is 0 Å². The smallest absolute Gasteiger partial charge is 0 e. The molecule has 0 aliphatic carbocycles. The van der Waals surface area contributed by atoms with Crippen LogP contribution >= 0.6 is 0 Å². The van der Waals surface area contributed by atoms with Crippen molar-refractivity contribution < 1.29 is 413 Å². The van der Waals surface area contributed by atoms with Crippen LogP contribution in [-0.2, 0) is 67.1 Å². The molecule has 0 aliphatic rings. The summed E-state index contributed by atoms with van der Waals surface area (Å²) in [5, 5.41) is 0. The molecule has 0 aromatic carbocycles. The topological polar surface area (TPSA) is 0 Å². The molecule has 82 valence electrons. The zero-order valence-corrected chi connectivity index (χ0v) is 27.0. The fourth-order valence-corrected chi connectivity index (χ4v) is 0. The molecule has 10 heavy (non-hydrogen) atoms. The Morgan fingerprint density at radius 3 is 0.200 bits per heavy atom. The first kappa shape index (κ1) is 65.5. The summed E-state index contributed by atoms with van der Waals surface area (Å²) in [5.41, 5.74) is 0. The van der Waals surface area contributed by atoms with Gasteiger partial charge in [-0.05, 0) is 0 Å². The molecule has 10 radical (unpaired) electrons. The Morgan fingerprint density at radius 2 is 0.200 bits per heavy atom. The van der Waals surface area contributed by atoms with E-state index >= 15 is 0 Å². The number of hydrogen-bond acceptors (Lipinski definition) is 0. The molecule has 0 unspecified atom stereocenters. The van der Waals surface area contributed by atoms with Crippen LogP contribution in [-0.4, -0.2) is 0 Å². The van der Waals surface area contributed by atoms with E-state index in [-0.39, 0.29) is 413 Å². The monoisotopic (exact) mass is 1660 g/mol. The first-order valence-corrected chi connectivity index (χ1v) is 0. The molecular weight excluding hydrogens is 1650 g/mol. The van der Waals surface area contributed by atoms with Crippen molar-refractivity contribution in [2.75, 3.05) is 0 Å². The van der Waals surface area contributed by atoms with Crippen LogP contribution in [0.2, 0.25) is 0 Å². The maximum Gasteiger partial charge on any atom is 0 e. The summed E-state index contributed by atoms with van der Waals surface area (Å²) >= 11 is 0. The van der Waals surface area contributed by atoms with Gasteiger partial charge in [-0.2, -0.15) is 0 Å². The Hall–Kier alpha value is 13.3. The summed E-state index contributed by atoms with van der Waals surface area (Å²) in [4.78, 5) is 0. The fraction of sp³-hybridized carbons (Fsp3) is 0. The maximum atomic E-state index is 0. The Balaban J connectivity index is 0. The molecule has 0 aliphatic heterocycles. The zero-order chi connectivity index (χ0) is 0. The van der Waals surface area contributed by atoms with Gasteiger partial charge in [0.15, 0.2) is 0 Å². The van der Waals surface area contributed by atoms with Crippen LogP contribution in [0.15, 0.2) is 0 Å². The van der Waals surface area contributed by atoms with Crippen LogP contribution in [0.5, 0.6) is 0 Å². The van der Waals surface area contributed by atoms with Crippen molar-refractivity contribution >= 4 is 0 Å². The molecule has 0 aromatic rings. The standard InChI is InChI=1S/3Au.7Eu. The van der Waals surface area contributed by atoms with Crippen molar-refractivity contribution in [1.29, 1.82) is 0 Å². The summed E-state index contributed by atoms with van der Waals surface area (Å²) in [6.07, 6.45) is 0. The molecule has 0 rings (SSSR count). The first-order chi connectivity index (χ1) is 0. The van der Waals surface area contributed by atoms with Crippen LogP contribution in [0.3, 0.4) is 0 Å². The minimum absolute atomic E-state index is 0. The van der Waals surface area contributed by atoms with Gasteiger partial charge in [0.05, 0.1) is 0 Å². The molecule has 0 atom stereocenters. The van der Waals surface area contributed by atoms with E-state index in [0.717, 1.165) is 0 Å². The van der Waals surface area contributed by atoms with Crippen LogP contribution in [0.1, 0.15) is 0 Å². The van der Waals surface area contributed by atoms with Gasteiger partial charge in [-0.3, -0.25) is 0 Å². The van der Waals surface area contributed by atoms with Crippen molar-refractivity contribution in [2.45, 2.75) is 0 Å². The molecule has 0 nitrogen and oxygen atoms in total. The van der Waals surface area contributed by atoms with E-state index in [1.165, 1.54) is 0 Å². The van der Waals surface area contributed by atoms with Gasteiger partial charge in [-0.25, -0.2) is 0 Å². The molecule has 0 saturated carbocycles. The zero-order valence-electron chi connectivity index (χ0n) is 3.55. The summed E-state index contributed by atoms with van der Waals surface area (Å²) in [6, 6.07) is 0. The Morgan fingerprint density at radius 1 is 0.200 bits per heavy atom. The molecular formula is Au3Eu7. The molecule has 0 heterocycles. The Bertz CT molecular complexity index is 8.81. The Labute approximate surface area is 396 Å². The van der Waals surface area contributed by atoms with Crippen molar-refractivity contribution in [1.82, 2.24) is 0 Å². The molecule has 0 N–H and O–H groups in total. The summed E-state index contributed by atoms with van der Waals surface area (Å²) < 4.78 is 0. The van der Waals surface area contributed by atoms with Gasteiger partial charge >= 0.3 is 0 Å². The quantitative estimate of drug-likeness (QED) is 0.300. The van der Waals surface area contributed by atoms with E-state index in [4.69, 9.17) is 0 Å². The average molecular weight is 1650 g/mol. The molecule has 0 saturated heterocycles. The molecule has 0 spiro atoms. The normalized spacial score (nSPS) is 0. The third-order valence-corrected chi connectivity index (χ3v) is 0. The largest absolute Gasteiger partial charge is 0 e. The van der Waals surface area contributed by atoms with Crippen LogP contribution in [0.4, 0.5) is 0 Å². The number of rotatable bonds is 0. The average Bonchev–Trinajstić information content (AvgIpc) is 0. The van der Waals surface area contributed by atoms with Gasteiger partial charge in [0.1, 0.15) is 0 Å². The Kier molecular flexibility index (Phi) is 375. The second kappa shape index (κ2) is 57.2. The second-order valence-corrected chi connectivity index (χ2v) is 0. The summed E-state index contributed by atoms with van der Waals surface area (Å²) in [7, 11) is 0. The summed E-state index contributed by atoms with van der Waals surface area (Å²) in [5.74, 6) is 0. The van der Waals surface area contributed by atoms with Gasteiger partial charge in [0.25, 0.3) is 0 Å². The maximum absolute atomic E-state index is 0. The molecule has 0 aromatic heterocycles. The van der Waals surface area contributed by atoms with E-state index in [1.807, 2.05) is 0 Å². The van der Waals surface area contributed by atoms with Crippen molar-refractivity contribution in [3.63, 3.8) is 0 Å². The van der Waals surface area contributed by atoms with Crippen molar-refractivity contribution in [3.8, 4) is 0 Å². The van der Waals surface area contributed by atoms with Crippen molar-refractivity contribution in [3.05, 3.63) is 0 Å². The number of hydrogen-bond donors (Lipinski definition) is 0. The minimum Gasteiger partial charge on any atom is 0 e. The van der Waals surface area contributed by atoms with Crippen LogP contribution < -0.4 is 0 Å². The molecule has 0 bridgehead atoms. The molecule has 0 amide bonds. The van der Waals surface area contributed by atoms with E-state index in [0.29, 0.717) is 0 Å². The van der Waals surface area contributed by atoms with E-state index in [9.17, 15) is 0 Å². The van der Waals surface area contributed by atoms with Gasteiger partial charge in [-0.15, -0.1) is 0 Å². The predicted molar refractivity (Wildman–Crippen MR) is 0 cm³/mol. The predicted octanol–water partition coefficient (Wildman–Crippen LogP) is -0.00750. The van der Waals surface area contributed by atoms with Crippen molar-refractivity contribution in [2.24, 2.45) is 0 Å². The van der Waals surface area contributed by atoms with Gasteiger partial charge in [0, 0.05) is 413 Å². The van der Waals surface area contributed by atoms with E-state index < -0.39 is 0 Å². The fourth-order valence-electron chi connectivity index (χ4n) is 0. The van der Waals surface area contributed by atoms with Crippen LogP contribution in [0, 0.1) is 346 Å². The second-order valence-electron chi connectivity index (χ2n) is 0. The SMILES string of the molecule is [Au].[Au].[Au].[Eu].[Eu].[Eu].[Eu].[Eu].[Eu].[Eu]. The minimum atomic E-state index is 0. The molecule has 10 heteroatoms. The van der Waals surface area contributed by atoms with Gasteiger partial charge in [0.2, 0.25) is 0 Å². The third-order valence-electron chi connectivity index (χ3n) is 0. The van der Waals surface area contributed by atoms with E-state index in [2.05, 4.69) is 0 Å². The summed E-state index contributed by atoms with van der Waals surface area (Å²) in [6.45, 7) is 0. The third kappa shape index (κ3) is 49.6. The van der Waals surface area contributed by atoms with Gasteiger partial charge in [-0.1, -0.05) is 0 Å². The first-order valence-electron chi connectivity index (χ1n) is 0. The van der Waals surface area contributed by atoms with E-state index in [1.54, 1.807) is 0 Å². The molecule has 0 fully saturated rings. The van der Waals surface area contributed by atoms with Gasteiger partial charge < -0.3 is 0 Å².